The topological polar surface area (TPSA) is 84.4 Å². The minimum atomic E-state index is -4.72. The fraction of sp³-hybridized carbons (Fsp3) is 0.208. The van der Waals surface area contributed by atoms with Crippen LogP contribution in [0.1, 0.15) is 22.7 Å². The van der Waals surface area contributed by atoms with E-state index >= 15 is 0 Å². The molecule has 0 aliphatic carbocycles. The van der Waals surface area contributed by atoms with Crippen LogP contribution in [-0.2, 0) is 24.5 Å². The van der Waals surface area contributed by atoms with Crippen molar-refractivity contribution in [3.63, 3.8) is 0 Å². The molecule has 0 aliphatic rings. The third kappa shape index (κ3) is 8.00. The van der Waals surface area contributed by atoms with Gasteiger partial charge in [-0.05, 0) is 41.5 Å². The molecule has 2 aromatic heterocycles. The molecule has 0 fully saturated rings. The van der Waals surface area contributed by atoms with E-state index in [1.807, 2.05) is 24.3 Å². The Balaban J connectivity index is 1.20. The van der Waals surface area contributed by atoms with E-state index in [4.69, 9.17) is 13.9 Å². The molecule has 35 heavy (non-hydrogen) atoms. The van der Waals surface area contributed by atoms with Crippen LogP contribution in [0, 0.1) is 0 Å². The lowest BCUT2D eigenvalue weighted by atomic mass is 10.2. The summed E-state index contributed by atoms with van der Waals surface area (Å²) < 4.78 is 59.0. The molecule has 0 N–H and O–H groups in total. The van der Waals surface area contributed by atoms with Crippen LogP contribution < -0.4 is 9.47 Å². The molecule has 4 aromatic rings. The van der Waals surface area contributed by atoms with Crippen molar-refractivity contribution < 1.29 is 31.8 Å². The third-order valence-corrected chi connectivity index (χ3v) is 4.62. The van der Waals surface area contributed by atoms with Crippen molar-refractivity contribution in [3.8, 4) is 11.5 Å². The molecule has 0 atom stereocenters. The van der Waals surface area contributed by atoms with E-state index in [2.05, 4.69) is 20.0 Å². The summed E-state index contributed by atoms with van der Waals surface area (Å²) in [4.78, 5) is 4.31. The number of hydrogen-bond donors (Lipinski definition) is 0. The maximum Gasteiger partial charge on any atom is 0.573 e. The average molecular weight is 486 g/mol. The number of hydrogen-bond acceptors (Lipinski definition) is 7. The number of halogens is 3. The van der Waals surface area contributed by atoms with Gasteiger partial charge in [0.25, 0.3) is 0 Å². The minimum Gasteiger partial charge on any atom is -0.487 e. The second-order valence-electron chi connectivity index (χ2n) is 7.28. The summed E-state index contributed by atoms with van der Waals surface area (Å²) in [5.74, 6) is 0.740. The van der Waals surface area contributed by atoms with Crippen molar-refractivity contribution in [1.29, 1.82) is 0 Å². The van der Waals surface area contributed by atoms with Crippen molar-refractivity contribution in [3.05, 3.63) is 89.9 Å². The molecule has 8 nitrogen and oxygen atoms in total. The van der Waals surface area contributed by atoms with Crippen LogP contribution in [0.2, 0.25) is 0 Å². The molecule has 4 rings (SSSR count). The zero-order valence-corrected chi connectivity index (χ0v) is 18.4. The number of rotatable bonds is 11. The molecule has 0 aliphatic heterocycles. The van der Waals surface area contributed by atoms with Gasteiger partial charge in [0.15, 0.2) is 0 Å². The monoisotopic (exact) mass is 486 g/mol. The Morgan fingerprint density at radius 2 is 1.71 bits per heavy atom. The quantitative estimate of drug-likeness (QED) is 0.272. The van der Waals surface area contributed by atoms with Gasteiger partial charge in [-0.1, -0.05) is 29.5 Å². The molecular weight excluding hydrogens is 465 g/mol. The zero-order valence-electron chi connectivity index (χ0n) is 18.4. The summed E-state index contributed by atoms with van der Waals surface area (Å²) in [7, 11) is 0. The van der Waals surface area contributed by atoms with Crippen LogP contribution in [0.4, 0.5) is 13.2 Å². The molecule has 0 spiro atoms. The summed E-state index contributed by atoms with van der Waals surface area (Å²) in [6.07, 6.45) is 3.45. The normalized spacial score (nSPS) is 11.7. The first-order valence-electron chi connectivity index (χ1n) is 10.5. The highest BCUT2D eigenvalue weighted by Gasteiger charge is 2.30. The maximum absolute atomic E-state index is 12.2. The summed E-state index contributed by atoms with van der Waals surface area (Å²) >= 11 is 0. The number of benzene rings is 2. The molecule has 11 heteroatoms. The van der Waals surface area contributed by atoms with Crippen LogP contribution in [0.3, 0.4) is 0 Å². The number of nitrogens with zero attached hydrogens (tertiary/aromatic N) is 4. The molecule has 2 aromatic carbocycles. The first-order valence-corrected chi connectivity index (χ1v) is 10.5. The Labute approximate surface area is 198 Å². The Kier molecular flexibility index (Phi) is 7.78. The van der Waals surface area contributed by atoms with Crippen LogP contribution in [0.25, 0.3) is 12.2 Å². The zero-order chi connectivity index (χ0) is 24.5. The van der Waals surface area contributed by atoms with Gasteiger partial charge in [0.05, 0.1) is 26.0 Å². The Morgan fingerprint density at radius 1 is 0.943 bits per heavy atom. The Hall–Kier alpha value is -4.12. The third-order valence-electron chi connectivity index (χ3n) is 4.62. The molecule has 2 heterocycles. The largest absolute Gasteiger partial charge is 0.573 e. The summed E-state index contributed by atoms with van der Waals surface area (Å²) in [5, 5.41) is 7.61. The van der Waals surface area contributed by atoms with E-state index < -0.39 is 6.36 Å². The van der Waals surface area contributed by atoms with Crippen molar-refractivity contribution in [2.24, 2.45) is 0 Å². The van der Waals surface area contributed by atoms with Crippen LogP contribution in [-0.4, -0.2) is 32.9 Å². The van der Waals surface area contributed by atoms with Crippen LogP contribution in [0.5, 0.6) is 11.5 Å². The van der Waals surface area contributed by atoms with E-state index in [-0.39, 0.29) is 12.4 Å². The highest BCUT2D eigenvalue weighted by Crippen LogP contribution is 2.23. The van der Waals surface area contributed by atoms with Gasteiger partial charge in [0.1, 0.15) is 30.1 Å². The highest BCUT2D eigenvalue weighted by atomic mass is 19.4. The van der Waals surface area contributed by atoms with Crippen LogP contribution >= 0.6 is 0 Å². The van der Waals surface area contributed by atoms with Crippen molar-refractivity contribution in [1.82, 2.24) is 20.0 Å². The standard InChI is InChI=1S/C24H21F3N4O4/c25-24(26,27)35-22-8-1-18(2-9-22)5-10-23-29-20(17-34-23)16-33-21-6-3-19(4-7-21)15-32-14-13-31-12-11-28-30-31/h1-12,17H,13-16H2. The van der Waals surface area contributed by atoms with Gasteiger partial charge < -0.3 is 18.6 Å². The summed E-state index contributed by atoms with van der Waals surface area (Å²) in [5.41, 5.74) is 2.28. The van der Waals surface area contributed by atoms with Gasteiger partial charge in [0.2, 0.25) is 5.89 Å². The average Bonchev–Trinajstić information content (AvgIpc) is 3.52. The molecular formula is C24H21F3N4O4. The van der Waals surface area contributed by atoms with E-state index in [0.29, 0.717) is 42.7 Å². The number of aromatic nitrogens is 4. The number of ether oxygens (including phenoxy) is 3. The van der Waals surface area contributed by atoms with Gasteiger partial charge in [0, 0.05) is 12.3 Å². The predicted octanol–water partition coefficient (Wildman–Crippen LogP) is 5.13. The molecule has 0 unspecified atom stereocenters. The second-order valence-corrected chi connectivity index (χ2v) is 7.28. The molecule has 0 radical (unpaired) electrons. The first kappa shape index (κ1) is 24.0. The Bertz CT molecular complexity index is 1210. The molecule has 0 saturated heterocycles. The van der Waals surface area contributed by atoms with Crippen molar-refractivity contribution in [2.45, 2.75) is 26.1 Å². The molecule has 0 bridgehead atoms. The van der Waals surface area contributed by atoms with Gasteiger partial charge in [-0.25, -0.2) is 4.98 Å². The van der Waals surface area contributed by atoms with E-state index in [9.17, 15) is 13.2 Å². The van der Waals surface area contributed by atoms with Gasteiger partial charge in [-0.15, -0.1) is 18.3 Å². The maximum atomic E-state index is 12.2. The molecule has 182 valence electrons. The Morgan fingerprint density at radius 3 is 2.43 bits per heavy atom. The van der Waals surface area contributed by atoms with E-state index in [1.54, 1.807) is 29.2 Å². The highest BCUT2D eigenvalue weighted by molar-refractivity contribution is 5.66. The SMILES string of the molecule is FC(F)(F)Oc1ccc(C=Cc2nc(COc3ccc(COCCn4ccnn4)cc3)co2)cc1. The number of oxazole rings is 1. The smallest absolute Gasteiger partial charge is 0.487 e. The van der Waals surface area contributed by atoms with Crippen molar-refractivity contribution >= 4 is 12.2 Å². The molecule has 0 saturated carbocycles. The summed E-state index contributed by atoms with van der Waals surface area (Å²) in [6, 6.07) is 13.0. The summed E-state index contributed by atoms with van der Waals surface area (Å²) in [6.45, 7) is 1.86. The fourth-order valence-electron chi connectivity index (χ4n) is 2.95. The molecule has 0 amide bonds. The van der Waals surface area contributed by atoms with E-state index in [0.717, 1.165) is 5.56 Å². The first-order chi connectivity index (χ1) is 16.9. The fourth-order valence-corrected chi connectivity index (χ4v) is 2.95. The van der Waals surface area contributed by atoms with Gasteiger partial charge in [-0.2, -0.15) is 0 Å². The lowest BCUT2D eigenvalue weighted by Gasteiger charge is -2.08. The van der Waals surface area contributed by atoms with Crippen molar-refractivity contribution in [2.75, 3.05) is 6.61 Å². The minimum absolute atomic E-state index is 0.217. The lowest BCUT2D eigenvalue weighted by molar-refractivity contribution is -0.274. The van der Waals surface area contributed by atoms with Gasteiger partial charge in [-0.3, -0.25) is 4.68 Å². The predicted molar refractivity (Wildman–Crippen MR) is 119 cm³/mol. The second kappa shape index (κ2) is 11.3. The van der Waals surface area contributed by atoms with Gasteiger partial charge >= 0.3 is 6.36 Å². The number of alkyl halides is 3. The van der Waals surface area contributed by atoms with Crippen LogP contribution in [0.15, 0.2) is 71.6 Å². The lowest BCUT2D eigenvalue weighted by Crippen LogP contribution is -2.16. The van der Waals surface area contributed by atoms with E-state index in [1.165, 1.54) is 30.5 Å².